The molecule has 1 saturated heterocycles. The molecule has 1 rings (SSSR count). The van der Waals surface area contributed by atoms with Gasteiger partial charge in [0.05, 0.1) is 0 Å². The first-order valence-electron chi connectivity index (χ1n) is 9.39. The quantitative estimate of drug-likeness (QED) is 0.249. The molecule has 0 bridgehead atoms. The lowest BCUT2D eigenvalue weighted by Gasteiger charge is -2.31. The summed E-state index contributed by atoms with van der Waals surface area (Å²) in [6.07, 6.45) is 9.12. The number of guanidine groups is 1. The Morgan fingerprint density at radius 2 is 1.91 bits per heavy atom. The van der Waals surface area contributed by atoms with E-state index in [-0.39, 0.29) is 24.0 Å². The van der Waals surface area contributed by atoms with Crippen LogP contribution in [0.15, 0.2) is 4.99 Å². The third-order valence-electron chi connectivity index (χ3n) is 4.85. The highest BCUT2D eigenvalue weighted by Gasteiger charge is 2.17. The fraction of sp³-hybridized carbons (Fsp3) is 0.944. The SMILES string of the molecule is CCCCCC(C)NC(=NC)NCCC1CCN(CC)CC1.I. The number of aliphatic imine (C=N–C) groups is 1. The van der Waals surface area contributed by atoms with Crippen LogP contribution in [0.5, 0.6) is 0 Å². The third-order valence-corrected chi connectivity index (χ3v) is 4.85. The summed E-state index contributed by atoms with van der Waals surface area (Å²) in [6, 6.07) is 0.505. The van der Waals surface area contributed by atoms with Crippen molar-refractivity contribution in [3.05, 3.63) is 0 Å². The number of nitrogens with zero attached hydrogens (tertiary/aromatic N) is 2. The molecule has 0 aromatic carbocycles. The van der Waals surface area contributed by atoms with Crippen molar-refractivity contribution in [1.82, 2.24) is 15.5 Å². The van der Waals surface area contributed by atoms with Gasteiger partial charge in [-0.2, -0.15) is 0 Å². The van der Waals surface area contributed by atoms with Crippen molar-refractivity contribution in [3.8, 4) is 0 Å². The van der Waals surface area contributed by atoms with Gasteiger partial charge in [0, 0.05) is 19.6 Å². The number of halogens is 1. The molecule has 0 aliphatic carbocycles. The zero-order valence-corrected chi connectivity index (χ0v) is 18.1. The average molecular weight is 438 g/mol. The first-order valence-corrected chi connectivity index (χ1v) is 9.39. The Bertz CT molecular complexity index is 301. The summed E-state index contributed by atoms with van der Waals surface area (Å²) in [6.45, 7) is 11.6. The molecule has 0 saturated carbocycles. The van der Waals surface area contributed by atoms with Gasteiger partial charge in [0.1, 0.15) is 0 Å². The molecule has 1 aliphatic rings. The Morgan fingerprint density at radius 1 is 1.22 bits per heavy atom. The molecule has 1 aliphatic heterocycles. The van der Waals surface area contributed by atoms with Crippen molar-refractivity contribution >= 4 is 29.9 Å². The Labute approximate surface area is 161 Å². The lowest BCUT2D eigenvalue weighted by atomic mass is 9.93. The van der Waals surface area contributed by atoms with Crippen LogP contribution in [0, 0.1) is 5.92 Å². The van der Waals surface area contributed by atoms with E-state index in [1.54, 1.807) is 0 Å². The molecule has 2 N–H and O–H groups in total. The van der Waals surface area contributed by atoms with Crippen molar-refractivity contribution in [1.29, 1.82) is 0 Å². The molecule has 23 heavy (non-hydrogen) atoms. The van der Waals surface area contributed by atoms with Crippen LogP contribution in [0.25, 0.3) is 0 Å². The van der Waals surface area contributed by atoms with Crippen LogP contribution < -0.4 is 10.6 Å². The van der Waals surface area contributed by atoms with Gasteiger partial charge in [0.25, 0.3) is 0 Å². The van der Waals surface area contributed by atoms with E-state index in [1.165, 1.54) is 64.6 Å². The highest BCUT2D eigenvalue weighted by molar-refractivity contribution is 14.0. The molecular weight excluding hydrogens is 399 g/mol. The second-order valence-electron chi connectivity index (χ2n) is 6.71. The molecule has 138 valence electrons. The largest absolute Gasteiger partial charge is 0.356 e. The standard InChI is InChI=1S/C18H38N4.HI/c1-5-7-8-9-16(3)21-18(19-4)20-13-10-17-11-14-22(6-2)15-12-17;/h16-17H,5-15H2,1-4H3,(H2,19,20,21);1H. The second-order valence-corrected chi connectivity index (χ2v) is 6.71. The smallest absolute Gasteiger partial charge is 0.191 e. The molecule has 1 unspecified atom stereocenters. The molecule has 5 heteroatoms. The second kappa shape index (κ2) is 14.3. The lowest BCUT2D eigenvalue weighted by molar-refractivity contribution is 0.187. The topological polar surface area (TPSA) is 39.7 Å². The number of unbranched alkanes of at least 4 members (excludes halogenated alkanes) is 2. The minimum Gasteiger partial charge on any atom is -0.356 e. The Kier molecular flexibility index (Phi) is 14.3. The summed E-state index contributed by atoms with van der Waals surface area (Å²) in [5.41, 5.74) is 0. The molecule has 1 atom stereocenters. The van der Waals surface area contributed by atoms with E-state index >= 15 is 0 Å². The maximum atomic E-state index is 4.35. The number of likely N-dealkylation sites (tertiary alicyclic amines) is 1. The fourth-order valence-electron chi connectivity index (χ4n) is 3.19. The highest BCUT2D eigenvalue weighted by atomic mass is 127. The van der Waals surface area contributed by atoms with Crippen LogP contribution in [-0.2, 0) is 0 Å². The van der Waals surface area contributed by atoms with E-state index in [0.29, 0.717) is 6.04 Å². The summed E-state index contributed by atoms with van der Waals surface area (Å²) in [5, 5.41) is 7.00. The molecular formula is C18H39IN4. The summed E-state index contributed by atoms with van der Waals surface area (Å²) in [5.74, 6) is 1.85. The van der Waals surface area contributed by atoms with E-state index in [1.807, 2.05) is 7.05 Å². The first kappa shape index (κ1) is 23.0. The Hall–Kier alpha value is -0.0400. The molecule has 0 spiro atoms. The number of hydrogen-bond acceptors (Lipinski definition) is 2. The zero-order chi connectivity index (χ0) is 16.2. The number of hydrogen-bond donors (Lipinski definition) is 2. The average Bonchev–Trinajstić information content (AvgIpc) is 2.54. The van der Waals surface area contributed by atoms with Gasteiger partial charge in [-0.15, -0.1) is 24.0 Å². The molecule has 0 radical (unpaired) electrons. The zero-order valence-electron chi connectivity index (χ0n) is 15.7. The molecule has 0 amide bonds. The van der Waals surface area contributed by atoms with E-state index in [2.05, 4.69) is 41.3 Å². The van der Waals surface area contributed by atoms with Gasteiger partial charge in [-0.3, -0.25) is 4.99 Å². The number of piperidine rings is 1. The van der Waals surface area contributed by atoms with Gasteiger partial charge in [0.2, 0.25) is 0 Å². The molecule has 0 aromatic heterocycles. The van der Waals surface area contributed by atoms with Gasteiger partial charge in [-0.25, -0.2) is 0 Å². The Morgan fingerprint density at radius 3 is 2.48 bits per heavy atom. The van der Waals surface area contributed by atoms with Gasteiger partial charge in [-0.1, -0.05) is 33.1 Å². The van der Waals surface area contributed by atoms with Gasteiger partial charge >= 0.3 is 0 Å². The molecule has 1 fully saturated rings. The van der Waals surface area contributed by atoms with Crippen LogP contribution >= 0.6 is 24.0 Å². The maximum Gasteiger partial charge on any atom is 0.191 e. The van der Waals surface area contributed by atoms with E-state index in [4.69, 9.17) is 0 Å². The number of nitrogens with one attached hydrogen (secondary N) is 2. The predicted octanol–water partition coefficient (Wildman–Crippen LogP) is 3.86. The monoisotopic (exact) mass is 438 g/mol. The summed E-state index contributed by atoms with van der Waals surface area (Å²) in [4.78, 5) is 6.91. The fourth-order valence-corrected chi connectivity index (χ4v) is 3.19. The highest BCUT2D eigenvalue weighted by Crippen LogP contribution is 2.19. The third kappa shape index (κ3) is 10.4. The van der Waals surface area contributed by atoms with Crippen LogP contribution in [0.3, 0.4) is 0 Å². The summed E-state index contributed by atoms with van der Waals surface area (Å²) < 4.78 is 0. The van der Waals surface area contributed by atoms with E-state index < -0.39 is 0 Å². The minimum atomic E-state index is 0. The Balaban J connectivity index is 0.00000484. The van der Waals surface area contributed by atoms with E-state index in [0.717, 1.165) is 18.4 Å². The minimum absolute atomic E-state index is 0. The first-order chi connectivity index (χ1) is 10.7. The van der Waals surface area contributed by atoms with Crippen LogP contribution in [0.2, 0.25) is 0 Å². The van der Waals surface area contributed by atoms with Gasteiger partial charge in [-0.05, 0) is 58.2 Å². The molecule has 0 aromatic rings. The normalized spacial score (nSPS) is 18.3. The molecule has 4 nitrogen and oxygen atoms in total. The van der Waals surface area contributed by atoms with Crippen molar-refractivity contribution in [2.75, 3.05) is 33.2 Å². The van der Waals surface area contributed by atoms with Gasteiger partial charge < -0.3 is 15.5 Å². The lowest BCUT2D eigenvalue weighted by Crippen LogP contribution is -2.43. The van der Waals surface area contributed by atoms with Crippen LogP contribution in [0.1, 0.15) is 65.7 Å². The van der Waals surface area contributed by atoms with Crippen LogP contribution in [0.4, 0.5) is 0 Å². The van der Waals surface area contributed by atoms with Gasteiger partial charge in [0.15, 0.2) is 5.96 Å². The van der Waals surface area contributed by atoms with Crippen molar-refractivity contribution in [2.24, 2.45) is 10.9 Å². The van der Waals surface area contributed by atoms with Crippen molar-refractivity contribution in [2.45, 2.75) is 71.8 Å². The van der Waals surface area contributed by atoms with Crippen molar-refractivity contribution < 1.29 is 0 Å². The molecule has 1 heterocycles. The van der Waals surface area contributed by atoms with Crippen LogP contribution in [-0.4, -0.2) is 50.1 Å². The number of rotatable bonds is 9. The van der Waals surface area contributed by atoms with E-state index in [9.17, 15) is 0 Å². The van der Waals surface area contributed by atoms with Crippen molar-refractivity contribution in [3.63, 3.8) is 0 Å². The summed E-state index contributed by atoms with van der Waals surface area (Å²) in [7, 11) is 1.87. The summed E-state index contributed by atoms with van der Waals surface area (Å²) >= 11 is 0. The predicted molar refractivity (Wildman–Crippen MR) is 113 cm³/mol. The maximum absolute atomic E-state index is 4.35.